The Labute approximate surface area is 142 Å². The molecule has 124 valence electrons. The molecule has 0 saturated heterocycles. The number of rotatable bonds is 3. The third-order valence-corrected chi connectivity index (χ3v) is 4.37. The molecule has 1 aliphatic rings. The average Bonchev–Trinajstić information content (AvgIpc) is 3.05. The number of carbonyl (C=O) groups excluding carboxylic acids is 1. The number of anilines is 1. The molecule has 0 bridgehead atoms. The van der Waals surface area contributed by atoms with Gasteiger partial charge >= 0.3 is 0 Å². The second-order valence-electron chi connectivity index (χ2n) is 5.88. The third-order valence-electron chi connectivity index (χ3n) is 4.37. The van der Waals surface area contributed by atoms with E-state index in [9.17, 15) is 14.9 Å². The maximum atomic E-state index is 12.1. The summed E-state index contributed by atoms with van der Waals surface area (Å²) >= 11 is 0. The van der Waals surface area contributed by atoms with E-state index in [-0.39, 0.29) is 23.9 Å². The molecule has 0 unspecified atom stereocenters. The lowest BCUT2D eigenvalue weighted by Crippen LogP contribution is -2.23. The van der Waals surface area contributed by atoms with E-state index < -0.39 is 4.92 Å². The number of H-pyrrole nitrogens is 1. The van der Waals surface area contributed by atoms with Gasteiger partial charge in [-0.25, -0.2) is 0 Å². The molecule has 0 saturated carbocycles. The lowest BCUT2D eigenvalue weighted by atomic mass is 9.84. The first-order valence-electron chi connectivity index (χ1n) is 7.81. The van der Waals surface area contributed by atoms with Crippen LogP contribution in [0, 0.1) is 10.1 Å². The van der Waals surface area contributed by atoms with Crippen molar-refractivity contribution >= 4 is 17.4 Å². The summed E-state index contributed by atoms with van der Waals surface area (Å²) in [6, 6.07) is 16.1. The van der Waals surface area contributed by atoms with E-state index in [4.69, 9.17) is 0 Å². The summed E-state index contributed by atoms with van der Waals surface area (Å²) in [6.07, 6.45) is 0.268. The van der Waals surface area contributed by atoms with E-state index in [0.717, 1.165) is 22.4 Å². The quantitative estimate of drug-likeness (QED) is 0.566. The summed E-state index contributed by atoms with van der Waals surface area (Å²) in [5, 5.41) is 20.9. The van der Waals surface area contributed by atoms with Crippen LogP contribution < -0.4 is 5.32 Å². The van der Waals surface area contributed by atoms with Crippen molar-refractivity contribution in [1.82, 2.24) is 10.2 Å². The van der Waals surface area contributed by atoms with Crippen LogP contribution >= 0.6 is 0 Å². The van der Waals surface area contributed by atoms with E-state index in [1.165, 1.54) is 12.1 Å². The van der Waals surface area contributed by atoms with Crippen LogP contribution in [0.3, 0.4) is 0 Å². The molecule has 7 nitrogen and oxygen atoms in total. The number of benzene rings is 2. The van der Waals surface area contributed by atoms with Crippen LogP contribution in [0.15, 0.2) is 54.6 Å². The van der Waals surface area contributed by atoms with Gasteiger partial charge in [0, 0.05) is 30.0 Å². The Balaban J connectivity index is 1.82. The van der Waals surface area contributed by atoms with Crippen molar-refractivity contribution in [1.29, 1.82) is 0 Å². The van der Waals surface area contributed by atoms with Crippen molar-refractivity contribution in [3.8, 4) is 11.3 Å². The highest BCUT2D eigenvalue weighted by Crippen LogP contribution is 2.41. The highest BCUT2D eigenvalue weighted by molar-refractivity contribution is 5.96. The number of aromatic nitrogens is 2. The van der Waals surface area contributed by atoms with Gasteiger partial charge in [0.25, 0.3) is 5.69 Å². The number of non-ortho nitro benzene ring substituents is 1. The van der Waals surface area contributed by atoms with Gasteiger partial charge in [0.05, 0.1) is 10.6 Å². The van der Waals surface area contributed by atoms with Crippen LogP contribution in [-0.4, -0.2) is 21.0 Å². The predicted octanol–water partition coefficient (Wildman–Crippen LogP) is 3.46. The van der Waals surface area contributed by atoms with Crippen molar-refractivity contribution < 1.29 is 9.72 Å². The van der Waals surface area contributed by atoms with Crippen LogP contribution in [0.1, 0.15) is 23.5 Å². The lowest BCUT2D eigenvalue weighted by molar-refractivity contribution is -0.384. The molecule has 1 aromatic heterocycles. The number of nitrogens with zero attached hydrogens (tertiary/aromatic N) is 2. The van der Waals surface area contributed by atoms with E-state index in [0.29, 0.717) is 5.82 Å². The van der Waals surface area contributed by atoms with E-state index in [2.05, 4.69) is 15.5 Å². The SMILES string of the molecule is O=C1C[C@H](c2ccc([N+](=O)[O-])cc2)c2c(n[nH]c2-c2ccccc2)N1. The number of aromatic amines is 1. The first-order chi connectivity index (χ1) is 12.1. The van der Waals surface area contributed by atoms with Crippen molar-refractivity contribution in [2.45, 2.75) is 12.3 Å². The minimum Gasteiger partial charge on any atom is -0.309 e. The standard InChI is InChI=1S/C18H14N4O3/c23-15-10-14(11-6-8-13(9-7-11)22(24)25)16-17(20-21-18(16)19-15)12-4-2-1-3-5-12/h1-9,14H,10H2,(H2,19,20,21,23)/t14-/m1/s1. The second-order valence-corrected chi connectivity index (χ2v) is 5.88. The molecule has 25 heavy (non-hydrogen) atoms. The number of fused-ring (bicyclic) bond motifs is 1. The fourth-order valence-corrected chi connectivity index (χ4v) is 3.19. The number of amides is 1. The van der Waals surface area contributed by atoms with Crippen molar-refractivity contribution in [3.05, 3.63) is 75.8 Å². The average molecular weight is 334 g/mol. The zero-order valence-corrected chi connectivity index (χ0v) is 13.1. The summed E-state index contributed by atoms with van der Waals surface area (Å²) in [5.41, 5.74) is 3.60. The maximum absolute atomic E-state index is 12.1. The fraction of sp³-hybridized carbons (Fsp3) is 0.111. The molecule has 0 spiro atoms. The Kier molecular flexibility index (Phi) is 3.53. The smallest absolute Gasteiger partial charge is 0.269 e. The number of nitrogens with one attached hydrogen (secondary N) is 2. The Morgan fingerprint density at radius 2 is 1.80 bits per heavy atom. The molecule has 1 atom stereocenters. The van der Waals surface area contributed by atoms with Crippen LogP contribution in [0.25, 0.3) is 11.3 Å². The number of nitro benzene ring substituents is 1. The minimum absolute atomic E-state index is 0.0275. The van der Waals surface area contributed by atoms with Gasteiger partial charge in [0.15, 0.2) is 5.82 Å². The number of hydrogen-bond donors (Lipinski definition) is 2. The van der Waals surface area contributed by atoms with Crippen LogP contribution in [0.2, 0.25) is 0 Å². The molecule has 1 aliphatic heterocycles. The molecule has 2 N–H and O–H groups in total. The van der Waals surface area contributed by atoms with Crippen molar-refractivity contribution in [2.75, 3.05) is 5.32 Å². The Hall–Kier alpha value is -3.48. The Morgan fingerprint density at radius 3 is 2.48 bits per heavy atom. The minimum atomic E-state index is -0.434. The lowest BCUT2D eigenvalue weighted by Gasteiger charge is -2.23. The predicted molar refractivity (Wildman–Crippen MR) is 92.2 cm³/mol. The molecule has 4 rings (SSSR count). The maximum Gasteiger partial charge on any atom is 0.269 e. The summed E-state index contributed by atoms with van der Waals surface area (Å²) in [5.74, 6) is 0.180. The molecule has 3 aromatic rings. The van der Waals surface area contributed by atoms with Gasteiger partial charge in [-0.1, -0.05) is 42.5 Å². The van der Waals surface area contributed by atoms with Crippen molar-refractivity contribution in [3.63, 3.8) is 0 Å². The highest BCUT2D eigenvalue weighted by atomic mass is 16.6. The van der Waals surface area contributed by atoms with Gasteiger partial charge in [-0.05, 0) is 11.1 Å². The molecular formula is C18H14N4O3. The number of nitro groups is 1. The summed E-state index contributed by atoms with van der Waals surface area (Å²) < 4.78 is 0. The second kappa shape index (κ2) is 5.86. The molecule has 0 radical (unpaired) electrons. The summed E-state index contributed by atoms with van der Waals surface area (Å²) in [6.45, 7) is 0. The molecule has 1 amide bonds. The largest absolute Gasteiger partial charge is 0.309 e. The van der Waals surface area contributed by atoms with Gasteiger partial charge in [0.2, 0.25) is 5.91 Å². The van der Waals surface area contributed by atoms with Crippen LogP contribution in [0.5, 0.6) is 0 Å². The van der Waals surface area contributed by atoms with Crippen LogP contribution in [-0.2, 0) is 4.79 Å². The van der Waals surface area contributed by atoms with E-state index in [1.807, 2.05) is 30.3 Å². The number of carbonyl (C=O) groups is 1. The molecule has 2 aromatic carbocycles. The zero-order chi connectivity index (χ0) is 17.4. The zero-order valence-electron chi connectivity index (χ0n) is 13.1. The van der Waals surface area contributed by atoms with Gasteiger partial charge in [0.1, 0.15) is 0 Å². The molecule has 0 aliphatic carbocycles. The van der Waals surface area contributed by atoms with Gasteiger partial charge in [-0.2, -0.15) is 5.10 Å². The van der Waals surface area contributed by atoms with Crippen LogP contribution in [0.4, 0.5) is 11.5 Å². The molecular weight excluding hydrogens is 320 g/mol. The van der Waals surface area contributed by atoms with Gasteiger partial charge in [-0.3, -0.25) is 20.0 Å². The normalized spacial score (nSPS) is 16.2. The molecule has 7 heteroatoms. The van der Waals surface area contributed by atoms with Gasteiger partial charge in [-0.15, -0.1) is 0 Å². The highest BCUT2D eigenvalue weighted by Gasteiger charge is 2.32. The summed E-state index contributed by atoms with van der Waals surface area (Å²) in [4.78, 5) is 22.5. The summed E-state index contributed by atoms with van der Waals surface area (Å²) in [7, 11) is 0. The Bertz CT molecular complexity index is 948. The van der Waals surface area contributed by atoms with Gasteiger partial charge < -0.3 is 5.32 Å². The monoisotopic (exact) mass is 334 g/mol. The third kappa shape index (κ3) is 2.65. The first kappa shape index (κ1) is 15.1. The van der Waals surface area contributed by atoms with Crippen molar-refractivity contribution in [2.24, 2.45) is 0 Å². The van der Waals surface area contributed by atoms with E-state index >= 15 is 0 Å². The molecule has 0 fully saturated rings. The topological polar surface area (TPSA) is 101 Å². The number of hydrogen-bond acceptors (Lipinski definition) is 4. The molecule has 2 heterocycles. The Morgan fingerprint density at radius 1 is 1.08 bits per heavy atom. The first-order valence-corrected chi connectivity index (χ1v) is 7.81. The van der Waals surface area contributed by atoms with E-state index in [1.54, 1.807) is 12.1 Å². The fourth-order valence-electron chi connectivity index (χ4n) is 3.19.